The number of hydrogen-bond acceptors (Lipinski definition) is 3. The molecule has 0 aliphatic carbocycles. The van der Waals surface area contributed by atoms with Gasteiger partial charge in [-0.2, -0.15) is 0 Å². The molecule has 1 unspecified atom stereocenters. The molecule has 2 rings (SSSR count). The fraction of sp³-hybridized carbons (Fsp3) is 0.533. The number of carbonyl (C=O) groups excluding carboxylic acids is 1. The van der Waals surface area contributed by atoms with Gasteiger partial charge in [-0.15, -0.1) is 12.4 Å². The van der Waals surface area contributed by atoms with Crippen molar-refractivity contribution < 1.29 is 9.53 Å². The highest BCUT2D eigenvalue weighted by molar-refractivity contribution is 5.85. The second-order valence-corrected chi connectivity index (χ2v) is 5.10. The van der Waals surface area contributed by atoms with Crippen LogP contribution in [0.15, 0.2) is 24.3 Å². The second kappa shape index (κ2) is 8.12. The molecule has 1 aliphatic heterocycles. The number of carbonyl (C=O) groups is 1. The van der Waals surface area contributed by atoms with Crippen molar-refractivity contribution in [1.82, 2.24) is 10.2 Å². The maximum atomic E-state index is 12.1. The Bertz CT molecular complexity index is 434. The van der Waals surface area contributed by atoms with Crippen molar-refractivity contribution in [1.29, 1.82) is 0 Å². The van der Waals surface area contributed by atoms with E-state index < -0.39 is 0 Å². The molecule has 1 aromatic rings. The summed E-state index contributed by atoms with van der Waals surface area (Å²) in [5.74, 6) is 1.03. The van der Waals surface area contributed by atoms with E-state index >= 15 is 0 Å². The maximum Gasteiger partial charge on any atom is 0.224 e. The molecule has 1 amide bonds. The van der Waals surface area contributed by atoms with Gasteiger partial charge in [-0.3, -0.25) is 4.79 Å². The number of halogens is 1. The van der Waals surface area contributed by atoms with Gasteiger partial charge in [-0.1, -0.05) is 12.1 Å². The van der Waals surface area contributed by atoms with Gasteiger partial charge in [0.2, 0.25) is 5.91 Å². The Balaban J connectivity index is 0.00000200. The fourth-order valence-electron chi connectivity index (χ4n) is 2.43. The van der Waals surface area contributed by atoms with Crippen LogP contribution in [-0.4, -0.2) is 37.6 Å². The smallest absolute Gasteiger partial charge is 0.224 e. The van der Waals surface area contributed by atoms with Crippen molar-refractivity contribution in [3.8, 4) is 5.75 Å². The average Bonchev–Trinajstić information content (AvgIpc) is 2.91. The van der Waals surface area contributed by atoms with Gasteiger partial charge >= 0.3 is 0 Å². The van der Waals surface area contributed by atoms with Crippen LogP contribution in [-0.2, 0) is 11.3 Å². The van der Waals surface area contributed by atoms with Crippen LogP contribution in [0.4, 0.5) is 0 Å². The van der Waals surface area contributed by atoms with Gasteiger partial charge < -0.3 is 15.0 Å². The predicted octanol–water partition coefficient (Wildman–Crippen LogP) is 2.22. The van der Waals surface area contributed by atoms with Crippen LogP contribution < -0.4 is 10.1 Å². The third kappa shape index (κ3) is 4.69. The molecule has 1 N–H and O–H groups in total. The number of hydrogen-bond donors (Lipinski definition) is 1. The van der Waals surface area contributed by atoms with Gasteiger partial charge in [0, 0.05) is 26.1 Å². The molecule has 0 saturated carbocycles. The van der Waals surface area contributed by atoms with Crippen molar-refractivity contribution in [2.45, 2.75) is 31.8 Å². The van der Waals surface area contributed by atoms with E-state index in [1.54, 1.807) is 12.0 Å². The van der Waals surface area contributed by atoms with Gasteiger partial charge in [-0.25, -0.2) is 0 Å². The minimum atomic E-state index is 0. The molecule has 5 heteroatoms. The normalized spacial score (nSPS) is 17.4. The first-order valence-corrected chi connectivity index (χ1v) is 6.79. The number of benzene rings is 1. The number of methoxy groups -OCH3 is 1. The van der Waals surface area contributed by atoms with Crippen molar-refractivity contribution in [3.63, 3.8) is 0 Å². The lowest BCUT2D eigenvalue weighted by Crippen LogP contribution is -2.33. The number of nitrogens with one attached hydrogen (secondary N) is 1. The van der Waals surface area contributed by atoms with Crippen molar-refractivity contribution >= 4 is 18.3 Å². The second-order valence-electron chi connectivity index (χ2n) is 5.10. The van der Waals surface area contributed by atoms with Crippen LogP contribution in [0.1, 0.15) is 24.8 Å². The lowest BCUT2D eigenvalue weighted by molar-refractivity contribution is -0.130. The zero-order valence-electron chi connectivity index (χ0n) is 12.1. The van der Waals surface area contributed by atoms with Gasteiger partial charge in [0.25, 0.3) is 0 Å². The lowest BCUT2D eigenvalue weighted by Gasteiger charge is -2.19. The minimum Gasteiger partial charge on any atom is -0.497 e. The Hall–Kier alpha value is -1.26. The third-order valence-corrected chi connectivity index (χ3v) is 3.56. The number of amides is 1. The topological polar surface area (TPSA) is 41.6 Å². The molecule has 0 bridgehead atoms. The number of rotatable bonds is 5. The molecule has 1 aliphatic rings. The Morgan fingerprint density at radius 2 is 2.30 bits per heavy atom. The molecule has 0 radical (unpaired) electrons. The SMILES string of the molecule is COc1cccc(CN(C)C(=O)CC2CCCN2)c1.Cl. The molecule has 20 heavy (non-hydrogen) atoms. The molecular weight excluding hydrogens is 276 g/mol. The molecule has 4 nitrogen and oxygen atoms in total. The summed E-state index contributed by atoms with van der Waals surface area (Å²) in [7, 11) is 3.51. The van der Waals surface area contributed by atoms with E-state index in [1.807, 2.05) is 31.3 Å². The summed E-state index contributed by atoms with van der Waals surface area (Å²) >= 11 is 0. The van der Waals surface area contributed by atoms with Crippen LogP contribution in [0.5, 0.6) is 5.75 Å². The van der Waals surface area contributed by atoms with E-state index in [0.717, 1.165) is 24.3 Å². The summed E-state index contributed by atoms with van der Waals surface area (Å²) in [5.41, 5.74) is 1.09. The van der Waals surface area contributed by atoms with Crippen LogP contribution in [0.3, 0.4) is 0 Å². The largest absolute Gasteiger partial charge is 0.497 e. The zero-order valence-corrected chi connectivity index (χ0v) is 12.9. The zero-order chi connectivity index (χ0) is 13.7. The molecule has 0 spiro atoms. The molecule has 1 saturated heterocycles. The Morgan fingerprint density at radius 3 is 2.95 bits per heavy atom. The van der Waals surface area contributed by atoms with E-state index in [1.165, 1.54) is 6.42 Å². The van der Waals surface area contributed by atoms with Crippen LogP contribution in [0.25, 0.3) is 0 Å². The van der Waals surface area contributed by atoms with Crippen molar-refractivity contribution in [2.24, 2.45) is 0 Å². The molecule has 0 aromatic heterocycles. The highest BCUT2D eigenvalue weighted by Crippen LogP contribution is 2.15. The summed E-state index contributed by atoms with van der Waals surface area (Å²) in [6.07, 6.45) is 2.89. The van der Waals surface area contributed by atoms with Gasteiger partial charge in [0.15, 0.2) is 0 Å². The fourth-order valence-corrected chi connectivity index (χ4v) is 2.43. The first-order chi connectivity index (χ1) is 9.19. The number of ether oxygens (including phenoxy) is 1. The van der Waals surface area contributed by atoms with Crippen LogP contribution >= 0.6 is 12.4 Å². The maximum absolute atomic E-state index is 12.1. The molecular formula is C15H23ClN2O2. The molecule has 1 atom stereocenters. The Labute approximate surface area is 126 Å². The van der Waals surface area contributed by atoms with E-state index in [9.17, 15) is 4.79 Å². The molecule has 112 valence electrons. The third-order valence-electron chi connectivity index (χ3n) is 3.56. The van der Waals surface area contributed by atoms with Crippen LogP contribution in [0, 0.1) is 0 Å². The Kier molecular flexibility index (Phi) is 6.82. The van der Waals surface area contributed by atoms with E-state index in [2.05, 4.69) is 5.32 Å². The van der Waals surface area contributed by atoms with Crippen molar-refractivity contribution in [2.75, 3.05) is 20.7 Å². The lowest BCUT2D eigenvalue weighted by atomic mass is 10.1. The summed E-state index contributed by atoms with van der Waals surface area (Å²) in [6, 6.07) is 8.21. The quantitative estimate of drug-likeness (QED) is 0.906. The summed E-state index contributed by atoms with van der Waals surface area (Å²) in [4.78, 5) is 13.9. The highest BCUT2D eigenvalue weighted by atomic mass is 35.5. The standard InChI is InChI=1S/C15H22N2O2.ClH/c1-17(15(18)10-13-6-4-8-16-13)11-12-5-3-7-14(9-12)19-2;/h3,5,7,9,13,16H,4,6,8,10-11H2,1-2H3;1H. The summed E-state index contributed by atoms with van der Waals surface area (Å²) in [6.45, 7) is 1.67. The van der Waals surface area contributed by atoms with E-state index in [-0.39, 0.29) is 18.3 Å². The van der Waals surface area contributed by atoms with E-state index in [4.69, 9.17) is 4.74 Å². The first kappa shape index (κ1) is 16.8. The monoisotopic (exact) mass is 298 g/mol. The average molecular weight is 299 g/mol. The van der Waals surface area contributed by atoms with Gasteiger partial charge in [0.1, 0.15) is 5.75 Å². The van der Waals surface area contributed by atoms with Crippen LogP contribution in [0.2, 0.25) is 0 Å². The highest BCUT2D eigenvalue weighted by Gasteiger charge is 2.19. The predicted molar refractivity (Wildman–Crippen MR) is 82.4 cm³/mol. The minimum absolute atomic E-state index is 0. The summed E-state index contributed by atoms with van der Waals surface area (Å²) < 4.78 is 5.19. The molecule has 1 fully saturated rings. The van der Waals surface area contributed by atoms with Crippen molar-refractivity contribution in [3.05, 3.63) is 29.8 Å². The van der Waals surface area contributed by atoms with Gasteiger partial charge in [-0.05, 0) is 37.1 Å². The Morgan fingerprint density at radius 1 is 1.50 bits per heavy atom. The van der Waals surface area contributed by atoms with E-state index in [0.29, 0.717) is 19.0 Å². The molecule has 1 heterocycles. The molecule has 1 aromatic carbocycles. The summed E-state index contributed by atoms with van der Waals surface area (Å²) in [5, 5.41) is 3.36. The van der Waals surface area contributed by atoms with Gasteiger partial charge in [0.05, 0.1) is 7.11 Å². The first-order valence-electron chi connectivity index (χ1n) is 6.79. The number of nitrogens with zero attached hydrogens (tertiary/aromatic N) is 1.